The van der Waals surface area contributed by atoms with E-state index in [0.717, 1.165) is 42.5 Å². The molecule has 1 aromatic rings. The summed E-state index contributed by atoms with van der Waals surface area (Å²) in [6.07, 6.45) is 2.53. The minimum Gasteiger partial charge on any atom is -0.377 e. The van der Waals surface area contributed by atoms with Crippen LogP contribution in [0.3, 0.4) is 0 Å². The van der Waals surface area contributed by atoms with Crippen LogP contribution < -0.4 is 10.6 Å². The van der Waals surface area contributed by atoms with Crippen LogP contribution >= 0.6 is 11.6 Å². The third kappa shape index (κ3) is 7.20. The molecule has 0 amide bonds. The van der Waals surface area contributed by atoms with Crippen LogP contribution in [-0.2, 0) is 16.0 Å². The standard InChI is InChI=1S/C17H26ClN3O2/c1-2-19-17(21-12-14-5-3-6-15(18)11-14)20-8-10-22-13-16-7-4-9-23-16/h3,5-6,11,16H,2,4,7-10,12-13H2,1H3,(H2,19,20,21). The Morgan fingerprint density at radius 2 is 2.35 bits per heavy atom. The second-order valence-electron chi connectivity index (χ2n) is 5.46. The lowest BCUT2D eigenvalue weighted by atomic mass is 10.2. The zero-order chi connectivity index (χ0) is 16.3. The molecule has 0 aromatic heterocycles. The van der Waals surface area contributed by atoms with Crippen LogP contribution in [0.4, 0.5) is 0 Å². The fourth-order valence-electron chi connectivity index (χ4n) is 2.38. The summed E-state index contributed by atoms with van der Waals surface area (Å²) < 4.78 is 11.2. The molecule has 2 rings (SSSR count). The summed E-state index contributed by atoms with van der Waals surface area (Å²) in [6, 6.07) is 7.75. The molecule has 0 aliphatic carbocycles. The first kappa shape index (κ1) is 18.0. The Morgan fingerprint density at radius 1 is 1.43 bits per heavy atom. The van der Waals surface area contributed by atoms with E-state index < -0.39 is 0 Å². The predicted octanol–water partition coefficient (Wildman–Crippen LogP) is 2.59. The van der Waals surface area contributed by atoms with Gasteiger partial charge in [0.1, 0.15) is 0 Å². The molecule has 1 aliphatic rings. The van der Waals surface area contributed by atoms with Gasteiger partial charge in [-0.05, 0) is 37.5 Å². The summed E-state index contributed by atoms with van der Waals surface area (Å²) in [6.45, 7) is 6.36. The molecule has 0 spiro atoms. The number of halogens is 1. The Bertz CT molecular complexity index is 490. The van der Waals surface area contributed by atoms with Gasteiger partial charge >= 0.3 is 0 Å². The molecule has 0 radical (unpaired) electrons. The van der Waals surface area contributed by atoms with E-state index in [4.69, 9.17) is 21.1 Å². The number of benzene rings is 1. The van der Waals surface area contributed by atoms with Crippen molar-refractivity contribution < 1.29 is 9.47 Å². The van der Waals surface area contributed by atoms with Gasteiger partial charge in [-0.3, -0.25) is 0 Å². The lowest BCUT2D eigenvalue weighted by Gasteiger charge is -2.13. The zero-order valence-corrected chi connectivity index (χ0v) is 14.4. The van der Waals surface area contributed by atoms with E-state index in [9.17, 15) is 0 Å². The highest BCUT2D eigenvalue weighted by molar-refractivity contribution is 6.30. The van der Waals surface area contributed by atoms with Crippen molar-refractivity contribution >= 4 is 17.6 Å². The van der Waals surface area contributed by atoms with E-state index in [1.165, 1.54) is 0 Å². The van der Waals surface area contributed by atoms with E-state index >= 15 is 0 Å². The highest BCUT2D eigenvalue weighted by Gasteiger charge is 2.14. The van der Waals surface area contributed by atoms with Crippen molar-refractivity contribution in [3.05, 3.63) is 34.9 Å². The van der Waals surface area contributed by atoms with Crippen LogP contribution in [0.5, 0.6) is 0 Å². The van der Waals surface area contributed by atoms with Gasteiger partial charge in [0, 0.05) is 24.7 Å². The van der Waals surface area contributed by atoms with E-state index in [1.807, 2.05) is 31.2 Å². The molecule has 5 nitrogen and oxygen atoms in total. The Balaban J connectivity index is 1.68. The maximum atomic E-state index is 5.99. The number of rotatable bonds is 8. The first-order valence-corrected chi connectivity index (χ1v) is 8.61. The molecular weight excluding hydrogens is 314 g/mol. The maximum Gasteiger partial charge on any atom is 0.191 e. The van der Waals surface area contributed by atoms with Crippen molar-refractivity contribution in [2.75, 3.05) is 32.9 Å². The van der Waals surface area contributed by atoms with Crippen LogP contribution in [0.15, 0.2) is 29.3 Å². The van der Waals surface area contributed by atoms with Crippen molar-refractivity contribution in [3.8, 4) is 0 Å². The average molecular weight is 340 g/mol. The van der Waals surface area contributed by atoms with Gasteiger partial charge in [-0.25, -0.2) is 4.99 Å². The smallest absolute Gasteiger partial charge is 0.191 e. The van der Waals surface area contributed by atoms with E-state index in [0.29, 0.717) is 26.3 Å². The van der Waals surface area contributed by atoms with Gasteiger partial charge in [-0.15, -0.1) is 0 Å². The predicted molar refractivity (Wildman–Crippen MR) is 94.1 cm³/mol. The Labute approximate surface area is 143 Å². The number of nitrogens with one attached hydrogen (secondary N) is 2. The molecular formula is C17H26ClN3O2. The maximum absolute atomic E-state index is 5.99. The molecule has 1 saturated heterocycles. The number of nitrogens with zero attached hydrogens (tertiary/aromatic N) is 1. The summed E-state index contributed by atoms with van der Waals surface area (Å²) in [7, 11) is 0. The molecule has 1 fully saturated rings. The highest BCUT2D eigenvalue weighted by Crippen LogP contribution is 2.12. The van der Waals surface area contributed by atoms with Gasteiger partial charge < -0.3 is 20.1 Å². The average Bonchev–Trinajstić information content (AvgIpc) is 3.05. The molecule has 0 bridgehead atoms. The number of hydrogen-bond donors (Lipinski definition) is 2. The fraction of sp³-hybridized carbons (Fsp3) is 0.588. The minimum atomic E-state index is 0.278. The largest absolute Gasteiger partial charge is 0.377 e. The second-order valence-corrected chi connectivity index (χ2v) is 5.90. The van der Waals surface area contributed by atoms with Gasteiger partial charge in [-0.1, -0.05) is 23.7 Å². The summed E-state index contributed by atoms with van der Waals surface area (Å²) >= 11 is 5.99. The summed E-state index contributed by atoms with van der Waals surface area (Å²) in [5, 5.41) is 7.23. The molecule has 128 valence electrons. The highest BCUT2D eigenvalue weighted by atomic mass is 35.5. The van der Waals surface area contributed by atoms with Gasteiger partial charge in [0.25, 0.3) is 0 Å². The molecule has 23 heavy (non-hydrogen) atoms. The minimum absolute atomic E-state index is 0.278. The topological polar surface area (TPSA) is 54.9 Å². The molecule has 0 saturated carbocycles. The number of ether oxygens (including phenoxy) is 2. The monoisotopic (exact) mass is 339 g/mol. The Morgan fingerprint density at radius 3 is 3.09 bits per heavy atom. The normalized spacial score (nSPS) is 18.2. The van der Waals surface area contributed by atoms with Crippen LogP contribution in [0.1, 0.15) is 25.3 Å². The molecule has 1 aliphatic heterocycles. The van der Waals surface area contributed by atoms with Crippen LogP contribution in [0.2, 0.25) is 5.02 Å². The van der Waals surface area contributed by atoms with Crippen molar-refractivity contribution in [2.24, 2.45) is 4.99 Å². The number of aliphatic imine (C=N–C) groups is 1. The molecule has 1 heterocycles. The molecule has 1 unspecified atom stereocenters. The van der Waals surface area contributed by atoms with Crippen LogP contribution in [0, 0.1) is 0 Å². The van der Waals surface area contributed by atoms with E-state index in [1.54, 1.807) is 0 Å². The zero-order valence-electron chi connectivity index (χ0n) is 13.7. The number of guanidine groups is 1. The van der Waals surface area contributed by atoms with Gasteiger partial charge in [0.05, 0.1) is 25.9 Å². The van der Waals surface area contributed by atoms with Crippen LogP contribution in [-0.4, -0.2) is 45.0 Å². The lowest BCUT2D eigenvalue weighted by molar-refractivity contribution is 0.0191. The van der Waals surface area contributed by atoms with Crippen molar-refractivity contribution in [1.29, 1.82) is 0 Å². The molecule has 2 N–H and O–H groups in total. The van der Waals surface area contributed by atoms with E-state index in [-0.39, 0.29) is 6.10 Å². The second kappa shape index (κ2) is 10.5. The SMILES string of the molecule is CCNC(=NCc1cccc(Cl)c1)NCCOCC1CCCO1. The summed E-state index contributed by atoms with van der Waals surface area (Å²) in [4.78, 5) is 4.56. The third-order valence-electron chi connectivity index (χ3n) is 3.52. The van der Waals surface area contributed by atoms with Crippen molar-refractivity contribution in [1.82, 2.24) is 10.6 Å². The molecule has 1 atom stereocenters. The van der Waals surface area contributed by atoms with Crippen molar-refractivity contribution in [3.63, 3.8) is 0 Å². The number of hydrogen-bond acceptors (Lipinski definition) is 3. The Kier molecular flexibility index (Phi) is 8.21. The van der Waals surface area contributed by atoms with Gasteiger partial charge in [0.2, 0.25) is 0 Å². The Hall–Kier alpha value is -1.30. The van der Waals surface area contributed by atoms with Gasteiger partial charge in [-0.2, -0.15) is 0 Å². The van der Waals surface area contributed by atoms with Crippen molar-refractivity contribution in [2.45, 2.75) is 32.4 Å². The molecule has 1 aromatic carbocycles. The lowest BCUT2D eigenvalue weighted by Crippen LogP contribution is -2.39. The van der Waals surface area contributed by atoms with Crippen LogP contribution in [0.25, 0.3) is 0 Å². The summed E-state index contributed by atoms with van der Waals surface area (Å²) in [5.41, 5.74) is 1.09. The first-order valence-electron chi connectivity index (χ1n) is 8.24. The summed E-state index contributed by atoms with van der Waals surface area (Å²) in [5.74, 6) is 0.785. The van der Waals surface area contributed by atoms with Gasteiger partial charge in [0.15, 0.2) is 5.96 Å². The van der Waals surface area contributed by atoms with E-state index in [2.05, 4.69) is 15.6 Å². The quantitative estimate of drug-likeness (QED) is 0.434. The fourth-order valence-corrected chi connectivity index (χ4v) is 2.59. The third-order valence-corrected chi connectivity index (χ3v) is 3.75. The molecule has 6 heteroatoms. The first-order chi connectivity index (χ1) is 11.3.